The third-order valence-electron chi connectivity index (χ3n) is 1.71. The second-order valence-electron chi connectivity index (χ2n) is 2.70. The minimum atomic E-state index is -3.48. The smallest absolute Gasteiger partial charge is 0.265 e. The van der Waals surface area contributed by atoms with Gasteiger partial charge >= 0.3 is 0 Å². The van der Waals surface area contributed by atoms with Gasteiger partial charge in [0, 0.05) is 4.47 Å². The van der Waals surface area contributed by atoms with E-state index in [9.17, 15) is 8.42 Å². The van der Waals surface area contributed by atoms with Crippen molar-refractivity contribution in [3.8, 4) is 0 Å². The van der Waals surface area contributed by atoms with Gasteiger partial charge in [-0.1, -0.05) is 15.9 Å². The molecule has 1 heterocycles. The first-order valence-electron chi connectivity index (χ1n) is 3.62. The summed E-state index contributed by atoms with van der Waals surface area (Å²) in [4.78, 5) is 0.203. The molecule has 0 saturated carbocycles. The lowest BCUT2D eigenvalue weighted by atomic mass is 10.3. The largest absolute Gasteiger partial charge is 0.331 e. The van der Waals surface area contributed by atoms with Gasteiger partial charge in [0.05, 0.1) is 5.69 Å². The molecule has 7 heteroatoms. The summed E-state index contributed by atoms with van der Waals surface area (Å²) in [5, 5.41) is 2.86. The molecule has 1 aromatic carbocycles. The lowest BCUT2D eigenvalue weighted by Crippen LogP contribution is -2.39. The van der Waals surface area contributed by atoms with Gasteiger partial charge in [-0.3, -0.25) is 4.72 Å². The van der Waals surface area contributed by atoms with Crippen LogP contribution in [0.3, 0.4) is 0 Å². The number of rotatable bonds is 0. The SMILES string of the molecule is O=S1(=O)NC(=S)Nc2cc(Br)ccc21. The Hall–Kier alpha value is -0.660. The van der Waals surface area contributed by atoms with Gasteiger partial charge in [0.25, 0.3) is 10.0 Å². The second kappa shape index (κ2) is 3.18. The molecule has 0 spiro atoms. The van der Waals surface area contributed by atoms with Crippen molar-refractivity contribution in [2.45, 2.75) is 4.90 Å². The molecule has 0 bridgehead atoms. The number of benzene rings is 1. The summed E-state index contributed by atoms with van der Waals surface area (Å²) >= 11 is 8.01. The lowest BCUT2D eigenvalue weighted by molar-refractivity contribution is 0.592. The molecule has 14 heavy (non-hydrogen) atoms. The summed E-state index contributed by atoms with van der Waals surface area (Å²) in [5.41, 5.74) is 0.489. The summed E-state index contributed by atoms with van der Waals surface area (Å²) in [6.07, 6.45) is 0. The zero-order valence-electron chi connectivity index (χ0n) is 6.74. The fourth-order valence-corrected chi connectivity index (χ4v) is 3.01. The van der Waals surface area contributed by atoms with Gasteiger partial charge in [0.15, 0.2) is 5.11 Å². The highest BCUT2D eigenvalue weighted by molar-refractivity contribution is 9.10. The van der Waals surface area contributed by atoms with Gasteiger partial charge in [0.2, 0.25) is 0 Å². The van der Waals surface area contributed by atoms with E-state index in [1.807, 2.05) is 0 Å². The molecule has 0 radical (unpaired) electrons. The van der Waals surface area contributed by atoms with Crippen molar-refractivity contribution < 1.29 is 8.42 Å². The predicted molar refractivity (Wildman–Crippen MR) is 60.7 cm³/mol. The highest BCUT2D eigenvalue weighted by Crippen LogP contribution is 2.27. The predicted octanol–water partition coefficient (Wildman–Crippen LogP) is 1.44. The molecule has 2 rings (SSSR count). The normalized spacial score (nSPS) is 17.9. The summed E-state index contributed by atoms with van der Waals surface area (Å²) in [7, 11) is -3.48. The van der Waals surface area contributed by atoms with Crippen molar-refractivity contribution >= 4 is 49.0 Å². The fourth-order valence-electron chi connectivity index (χ4n) is 1.16. The van der Waals surface area contributed by atoms with Crippen LogP contribution < -0.4 is 10.0 Å². The van der Waals surface area contributed by atoms with Gasteiger partial charge in [-0.2, -0.15) is 0 Å². The van der Waals surface area contributed by atoms with E-state index in [0.29, 0.717) is 5.69 Å². The molecule has 0 aliphatic carbocycles. The minimum absolute atomic E-state index is 0.0931. The minimum Gasteiger partial charge on any atom is -0.331 e. The molecule has 2 N–H and O–H groups in total. The van der Waals surface area contributed by atoms with E-state index in [1.54, 1.807) is 12.1 Å². The molecule has 1 aliphatic rings. The van der Waals surface area contributed by atoms with Gasteiger partial charge in [-0.25, -0.2) is 8.42 Å². The Morgan fingerprint density at radius 1 is 1.36 bits per heavy atom. The highest BCUT2D eigenvalue weighted by atomic mass is 79.9. The van der Waals surface area contributed by atoms with Gasteiger partial charge in [0.1, 0.15) is 4.90 Å². The van der Waals surface area contributed by atoms with Crippen molar-refractivity contribution in [1.82, 2.24) is 4.72 Å². The number of hydrogen-bond acceptors (Lipinski definition) is 3. The average Bonchev–Trinajstić information content (AvgIpc) is 2.00. The number of sulfonamides is 1. The van der Waals surface area contributed by atoms with Crippen molar-refractivity contribution in [1.29, 1.82) is 0 Å². The van der Waals surface area contributed by atoms with Gasteiger partial charge < -0.3 is 5.32 Å². The Bertz CT molecular complexity index is 512. The van der Waals surface area contributed by atoms with Crippen molar-refractivity contribution in [3.63, 3.8) is 0 Å². The topological polar surface area (TPSA) is 58.2 Å². The van der Waals surface area contributed by atoms with E-state index in [-0.39, 0.29) is 10.0 Å². The first kappa shape index (κ1) is 9.88. The standard InChI is InChI=1S/C7H5BrN2O2S2/c8-4-1-2-6-5(3-4)9-7(13)10-14(6,11)12/h1-3H,(H2,9,10,13). The van der Waals surface area contributed by atoms with Crippen LogP contribution in [-0.4, -0.2) is 13.5 Å². The Morgan fingerprint density at radius 3 is 2.79 bits per heavy atom. The third kappa shape index (κ3) is 1.62. The Labute approximate surface area is 94.9 Å². The van der Waals surface area contributed by atoms with E-state index in [0.717, 1.165) is 4.47 Å². The third-order valence-corrected chi connectivity index (χ3v) is 3.94. The summed E-state index contributed by atoms with van der Waals surface area (Å²) < 4.78 is 26.1. The summed E-state index contributed by atoms with van der Waals surface area (Å²) in [6.45, 7) is 0. The lowest BCUT2D eigenvalue weighted by Gasteiger charge is -2.20. The maximum absolute atomic E-state index is 11.5. The maximum atomic E-state index is 11.5. The van der Waals surface area contributed by atoms with E-state index in [4.69, 9.17) is 12.2 Å². The van der Waals surface area contributed by atoms with E-state index in [1.165, 1.54) is 6.07 Å². The van der Waals surface area contributed by atoms with Crippen LogP contribution >= 0.6 is 28.1 Å². The number of thiocarbonyl (C=S) groups is 1. The molecule has 0 saturated heterocycles. The Morgan fingerprint density at radius 2 is 2.07 bits per heavy atom. The zero-order valence-corrected chi connectivity index (χ0v) is 9.96. The number of nitrogens with one attached hydrogen (secondary N) is 2. The molecule has 74 valence electrons. The van der Waals surface area contributed by atoms with Crippen LogP contribution in [0.15, 0.2) is 27.6 Å². The van der Waals surface area contributed by atoms with E-state index < -0.39 is 10.0 Å². The number of fused-ring (bicyclic) bond motifs is 1. The molecule has 0 atom stereocenters. The maximum Gasteiger partial charge on any atom is 0.265 e. The van der Waals surface area contributed by atoms with Crippen LogP contribution in [0.5, 0.6) is 0 Å². The Kier molecular flexibility index (Phi) is 2.24. The van der Waals surface area contributed by atoms with Crippen molar-refractivity contribution in [2.75, 3.05) is 5.32 Å². The van der Waals surface area contributed by atoms with E-state index >= 15 is 0 Å². The fraction of sp³-hybridized carbons (Fsp3) is 0. The molecule has 1 aliphatic heterocycles. The summed E-state index contributed by atoms with van der Waals surface area (Å²) in [6, 6.07) is 4.84. The number of halogens is 1. The molecular weight excluding hydrogens is 288 g/mol. The quantitative estimate of drug-likeness (QED) is 0.711. The van der Waals surface area contributed by atoms with Gasteiger partial charge in [-0.05, 0) is 30.4 Å². The monoisotopic (exact) mass is 292 g/mol. The van der Waals surface area contributed by atoms with Crippen LogP contribution in [0, 0.1) is 0 Å². The van der Waals surface area contributed by atoms with Crippen molar-refractivity contribution in [2.24, 2.45) is 0 Å². The van der Waals surface area contributed by atoms with E-state index in [2.05, 4.69) is 26.0 Å². The second-order valence-corrected chi connectivity index (χ2v) is 5.67. The first-order chi connectivity index (χ1) is 6.49. The van der Waals surface area contributed by atoms with Crippen molar-refractivity contribution in [3.05, 3.63) is 22.7 Å². The molecular formula is C7H5BrN2O2S2. The first-order valence-corrected chi connectivity index (χ1v) is 6.31. The number of anilines is 1. The van der Waals surface area contributed by atoms with Crippen LogP contribution in [0.4, 0.5) is 5.69 Å². The zero-order chi connectivity index (χ0) is 10.3. The molecule has 0 fully saturated rings. The summed E-state index contributed by atoms with van der Waals surface area (Å²) in [5.74, 6) is 0. The number of hydrogen-bond donors (Lipinski definition) is 2. The molecule has 1 aromatic rings. The van der Waals surface area contributed by atoms with Crippen LogP contribution in [0.1, 0.15) is 0 Å². The Balaban J connectivity index is 2.69. The molecule has 0 unspecified atom stereocenters. The van der Waals surface area contributed by atoms with Crippen LogP contribution in [0.25, 0.3) is 0 Å². The molecule has 0 aromatic heterocycles. The van der Waals surface area contributed by atoms with Gasteiger partial charge in [-0.15, -0.1) is 0 Å². The average molecular weight is 293 g/mol. The van der Waals surface area contributed by atoms with Crippen LogP contribution in [0.2, 0.25) is 0 Å². The van der Waals surface area contributed by atoms with Crippen LogP contribution in [-0.2, 0) is 10.0 Å². The highest BCUT2D eigenvalue weighted by Gasteiger charge is 2.25. The molecule has 4 nitrogen and oxygen atoms in total. The molecule has 0 amide bonds.